The van der Waals surface area contributed by atoms with Gasteiger partial charge in [0.05, 0.1) is 21.2 Å². The highest BCUT2D eigenvalue weighted by molar-refractivity contribution is 7.89. The van der Waals surface area contributed by atoms with Gasteiger partial charge in [-0.15, -0.1) is 0 Å². The van der Waals surface area contributed by atoms with Crippen molar-refractivity contribution >= 4 is 32.7 Å². The van der Waals surface area contributed by atoms with Crippen molar-refractivity contribution in [3.05, 3.63) is 47.1 Å². The van der Waals surface area contributed by atoms with E-state index in [4.69, 9.17) is 11.6 Å². The van der Waals surface area contributed by atoms with Crippen LogP contribution in [0.1, 0.15) is 32.3 Å². The van der Waals surface area contributed by atoms with Gasteiger partial charge in [0.1, 0.15) is 11.7 Å². The van der Waals surface area contributed by atoms with E-state index in [0.717, 1.165) is 36.3 Å². The molecular formula is C21H21ClN4O2S. The minimum atomic E-state index is -3.58. The molecule has 1 saturated carbocycles. The van der Waals surface area contributed by atoms with E-state index >= 15 is 0 Å². The van der Waals surface area contributed by atoms with Crippen LogP contribution in [0.2, 0.25) is 5.02 Å². The molecule has 4 rings (SSSR count). The highest BCUT2D eigenvalue weighted by Crippen LogP contribution is 2.38. The smallest absolute Gasteiger partial charge is 0.240 e. The molecular weight excluding hydrogens is 408 g/mol. The number of nitrogens with zero attached hydrogens (tertiary/aromatic N) is 3. The van der Waals surface area contributed by atoms with E-state index < -0.39 is 10.0 Å². The van der Waals surface area contributed by atoms with Gasteiger partial charge in [0.15, 0.2) is 0 Å². The van der Waals surface area contributed by atoms with Crippen LogP contribution in [0.5, 0.6) is 0 Å². The monoisotopic (exact) mass is 428 g/mol. The Kier molecular flexibility index (Phi) is 5.11. The van der Waals surface area contributed by atoms with E-state index in [-0.39, 0.29) is 10.9 Å². The molecule has 6 nitrogen and oxygen atoms in total. The summed E-state index contributed by atoms with van der Waals surface area (Å²) in [5.41, 5.74) is 2.77. The lowest BCUT2D eigenvalue weighted by atomic mass is 10.1. The molecule has 1 aliphatic carbocycles. The van der Waals surface area contributed by atoms with Crippen molar-refractivity contribution in [2.24, 2.45) is 5.92 Å². The Morgan fingerprint density at radius 3 is 2.59 bits per heavy atom. The maximum absolute atomic E-state index is 12.4. The van der Waals surface area contributed by atoms with Crippen LogP contribution >= 0.6 is 11.6 Å². The van der Waals surface area contributed by atoms with Crippen LogP contribution in [-0.4, -0.2) is 24.0 Å². The average molecular weight is 429 g/mol. The van der Waals surface area contributed by atoms with Crippen molar-refractivity contribution in [3.63, 3.8) is 0 Å². The molecule has 29 heavy (non-hydrogen) atoms. The first-order chi connectivity index (χ1) is 13.8. The predicted molar refractivity (Wildman–Crippen MR) is 113 cm³/mol. The first-order valence-electron chi connectivity index (χ1n) is 9.50. The van der Waals surface area contributed by atoms with Gasteiger partial charge in [-0.3, -0.25) is 0 Å². The van der Waals surface area contributed by atoms with Gasteiger partial charge in [-0.25, -0.2) is 18.1 Å². The second-order valence-corrected chi connectivity index (χ2v) is 9.86. The molecule has 2 heterocycles. The lowest BCUT2D eigenvalue weighted by Gasteiger charge is -2.12. The number of hydrogen-bond donors (Lipinski definition) is 1. The number of aromatic nitrogens is 2. The standard InChI is InChI=1S/C21H21ClN4O2S/c1-13(2)25-29(27,28)17-7-5-15(6-8-17)20-19(10-23)18-9-16(22)11-24-21(18)26(20)12-14-3-4-14/h5-9,11,13-14,25H,3-4,12H2,1-2H3. The van der Waals surface area contributed by atoms with Crippen molar-refractivity contribution in [3.8, 4) is 17.3 Å². The third kappa shape index (κ3) is 3.88. The van der Waals surface area contributed by atoms with E-state index in [2.05, 4.69) is 20.3 Å². The lowest BCUT2D eigenvalue weighted by Crippen LogP contribution is -2.30. The molecule has 0 spiro atoms. The quantitative estimate of drug-likeness (QED) is 0.633. The number of rotatable bonds is 6. The molecule has 0 atom stereocenters. The van der Waals surface area contributed by atoms with E-state index in [1.54, 1.807) is 50.4 Å². The summed E-state index contributed by atoms with van der Waals surface area (Å²) in [7, 11) is -3.58. The summed E-state index contributed by atoms with van der Waals surface area (Å²) in [5.74, 6) is 0.572. The first kappa shape index (κ1) is 19.9. The number of nitriles is 1. The van der Waals surface area contributed by atoms with E-state index in [1.807, 2.05) is 0 Å². The van der Waals surface area contributed by atoms with Crippen molar-refractivity contribution < 1.29 is 8.42 Å². The minimum absolute atomic E-state index is 0.193. The zero-order chi connectivity index (χ0) is 20.8. The van der Waals surface area contributed by atoms with Crippen LogP contribution in [0.3, 0.4) is 0 Å². The summed E-state index contributed by atoms with van der Waals surface area (Å²) in [6.45, 7) is 4.33. The van der Waals surface area contributed by atoms with E-state index in [1.165, 1.54) is 0 Å². The highest BCUT2D eigenvalue weighted by Gasteiger charge is 2.27. The number of benzene rings is 1. The highest BCUT2D eigenvalue weighted by atomic mass is 35.5. The number of pyridine rings is 1. The van der Waals surface area contributed by atoms with Crippen LogP contribution in [0.15, 0.2) is 41.4 Å². The summed E-state index contributed by atoms with van der Waals surface area (Å²) in [6, 6.07) is 10.5. The van der Waals surface area contributed by atoms with Gasteiger partial charge in [0.25, 0.3) is 0 Å². The Morgan fingerprint density at radius 1 is 1.31 bits per heavy atom. The Morgan fingerprint density at radius 2 is 2.00 bits per heavy atom. The summed E-state index contributed by atoms with van der Waals surface area (Å²) in [6.07, 6.45) is 3.91. The van der Waals surface area contributed by atoms with Crippen molar-refractivity contribution in [2.75, 3.05) is 0 Å². The second kappa shape index (κ2) is 7.45. The Labute approximate surface area is 175 Å². The normalized spacial score (nSPS) is 14.4. The van der Waals surface area contributed by atoms with Gasteiger partial charge in [-0.1, -0.05) is 23.7 Å². The largest absolute Gasteiger partial charge is 0.324 e. The van der Waals surface area contributed by atoms with Crippen LogP contribution in [0, 0.1) is 17.2 Å². The Hall–Kier alpha value is -2.40. The van der Waals surface area contributed by atoms with Crippen LogP contribution in [-0.2, 0) is 16.6 Å². The third-order valence-corrected chi connectivity index (χ3v) is 6.82. The zero-order valence-electron chi connectivity index (χ0n) is 16.2. The zero-order valence-corrected chi connectivity index (χ0v) is 17.8. The number of halogens is 1. The molecule has 0 amide bonds. The fourth-order valence-corrected chi connectivity index (χ4v) is 4.93. The second-order valence-electron chi connectivity index (χ2n) is 7.71. The van der Waals surface area contributed by atoms with Crippen LogP contribution in [0.25, 0.3) is 22.3 Å². The Bertz CT molecular complexity index is 1220. The van der Waals surface area contributed by atoms with Crippen LogP contribution < -0.4 is 4.72 Å². The number of fused-ring (bicyclic) bond motifs is 1. The molecule has 1 fully saturated rings. The molecule has 0 unspecified atom stereocenters. The van der Waals surface area contributed by atoms with Gasteiger partial charge in [-0.05, 0) is 56.4 Å². The summed E-state index contributed by atoms with van der Waals surface area (Å²) >= 11 is 6.13. The molecule has 3 aromatic rings. The molecule has 0 aliphatic heterocycles. The lowest BCUT2D eigenvalue weighted by molar-refractivity contribution is 0.570. The molecule has 8 heteroatoms. The SMILES string of the molecule is CC(C)NS(=O)(=O)c1ccc(-c2c(C#N)c3cc(Cl)cnc3n2CC2CC2)cc1. The molecule has 150 valence electrons. The topological polar surface area (TPSA) is 87.8 Å². The Balaban J connectivity index is 1.86. The molecule has 0 saturated heterocycles. The summed E-state index contributed by atoms with van der Waals surface area (Å²) in [4.78, 5) is 4.67. The van der Waals surface area contributed by atoms with Crippen LogP contribution in [0.4, 0.5) is 0 Å². The van der Waals surface area contributed by atoms with Gasteiger partial charge in [0.2, 0.25) is 10.0 Å². The summed E-state index contributed by atoms with van der Waals surface area (Å²) < 4.78 is 29.5. The minimum Gasteiger partial charge on any atom is -0.324 e. The number of sulfonamides is 1. The fourth-order valence-electron chi connectivity index (χ4n) is 3.52. The summed E-state index contributed by atoms with van der Waals surface area (Å²) in [5, 5.41) is 11.1. The van der Waals surface area contributed by atoms with E-state index in [0.29, 0.717) is 21.9 Å². The maximum atomic E-state index is 12.4. The van der Waals surface area contributed by atoms with Crippen molar-refractivity contribution in [2.45, 2.75) is 44.2 Å². The van der Waals surface area contributed by atoms with Gasteiger partial charge >= 0.3 is 0 Å². The third-order valence-electron chi connectivity index (χ3n) is 4.94. The van der Waals surface area contributed by atoms with Gasteiger partial charge in [-0.2, -0.15) is 5.26 Å². The fraction of sp³-hybridized carbons (Fsp3) is 0.333. The maximum Gasteiger partial charge on any atom is 0.240 e. The molecule has 0 bridgehead atoms. The first-order valence-corrected chi connectivity index (χ1v) is 11.4. The predicted octanol–water partition coefficient (Wildman–Crippen LogP) is 4.33. The molecule has 1 aromatic carbocycles. The molecule has 2 aromatic heterocycles. The van der Waals surface area contributed by atoms with Gasteiger partial charge < -0.3 is 4.57 Å². The molecule has 0 radical (unpaired) electrons. The van der Waals surface area contributed by atoms with Gasteiger partial charge in [0, 0.05) is 24.2 Å². The molecule has 1 aliphatic rings. The van der Waals surface area contributed by atoms with Crippen molar-refractivity contribution in [1.29, 1.82) is 5.26 Å². The molecule has 1 N–H and O–H groups in total. The number of hydrogen-bond acceptors (Lipinski definition) is 4. The van der Waals surface area contributed by atoms with E-state index in [9.17, 15) is 13.7 Å². The average Bonchev–Trinajstić information content (AvgIpc) is 3.42. The number of nitrogens with one attached hydrogen (secondary N) is 1. The van der Waals surface area contributed by atoms with Crippen molar-refractivity contribution in [1.82, 2.24) is 14.3 Å².